The van der Waals surface area contributed by atoms with Crippen LogP contribution in [0.1, 0.15) is 22.3 Å². The number of carbonyl (C=O) groups is 2. The minimum atomic E-state index is -0.247. The van der Waals surface area contributed by atoms with Crippen molar-refractivity contribution in [2.75, 3.05) is 26.4 Å². The maximum absolute atomic E-state index is 11.9. The van der Waals surface area contributed by atoms with E-state index in [0.29, 0.717) is 17.8 Å². The highest BCUT2D eigenvalue weighted by atomic mass is 16.2. The molecule has 0 saturated heterocycles. The van der Waals surface area contributed by atoms with Gasteiger partial charge in [-0.15, -0.1) is 0 Å². The van der Waals surface area contributed by atoms with Gasteiger partial charge in [-0.2, -0.15) is 0 Å². The average Bonchev–Trinajstić information content (AvgIpc) is 2.31. The Morgan fingerprint density at radius 2 is 2.00 bits per heavy atom. The van der Waals surface area contributed by atoms with Crippen LogP contribution in [0.2, 0.25) is 0 Å². The minimum absolute atomic E-state index is 0.0208. The molecular weight excluding hydrogens is 230 g/mol. The predicted molar refractivity (Wildman–Crippen MR) is 71.2 cm³/mol. The molecule has 0 saturated carbocycles. The van der Waals surface area contributed by atoms with E-state index in [1.807, 2.05) is 13.0 Å². The summed E-state index contributed by atoms with van der Waals surface area (Å²) < 4.78 is 0. The topological polar surface area (TPSA) is 75.4 Å². The Kier molecular flexibility index (Phi) is 4.71. The lowest BCUT2D eigenvalue weighted by atomic mass is 10.1. The molecule has 2 amide bonds. The number of hydrogen-bond donors (Lipinski definition) is 2. The number of hydrogen-bond acceptors (Lipinski definition) is 3. The molecule has 0 aliphatic carbocycles. The van der Waals surface area contributed by atoms with Crippen LogP contribution >= 0.6 is 0 Å². The number of amides is 2. The molecule has 0 bridgehead atoms. The van der Waals surface area contributed by atoms with Crippen molar-refractivity contribution < 1.29 is 9.59 Å². The summed E-state index contributed by atoms with van der Waals surface area (Å²) in [6.07, 6.45) is 0.282. The van der Waals surface area contributed by atoms with Crippen LogP contribution in [0.4, 0.5) is 5.69 Å². The molecule has 1 aromatic rings. The summed E-state index contributed by atoms with van der Waals surface area (Å²) in [4.78, 5) is 24.7. The summed E-state index contributed by atoms with van der Waals surface area (Å²) in [5.41, 5.74) is 7.60. The van der Waals surface area contributed by atoms with Crippen LogP contribution in [0.3, 0.4) is 0 Å². The smallest absolute Gasteiger partial charge is 0.253 e. The van der Waals surface area contributed by atoms with E-state index in [2.05, 4.69) is 5.32 Å². The molecule has 0 aliphatic rings. The Labute approximate surface area is 107 Å². The summed E-state index contributed by atoms with van der Waals surface area (Å²) in [5, 5.41) is 2.69. The van der Waals surface area contributed by atoms with Crippen LogP contribution in [-0.2, 0) is 4.79 Å². The number of anilines is 1. The van der Waals surface area contributed by atoms with Crippen LogP contribution in [0.5, 0.6) is 0 Å². The minimum Gasteiger partial charge on any atom is -0.398 e. The van der Waals surface area contributed by atoms with Crippen molar-refractivity contribution in [1.82, 2.24) is 10.2 Å². The number of carbonyl (C=O) groups excluding carboxylic acids is 2. The highest BCUT2D eigenvalue weighted by Gasteiger charge is 2.10. The fraction of sp³-hybridized carbons (Fsp3) is 0.385. The summed E-state index contributed by atoms with van der Waals surface area (Å²) in [7, 11) is 3.37. The van der Waals surface area contributed by atoms with Crippen molar-refractivity contribution >= 4 is 17.5 Å². The second-order valence-corrected chi connectivity index (χ2v) is 4.38. The van der Waals surface area contributed by atoms with Crippen LogP contribution in [0.25, 0.3) is 0 Å². The Morgan fingerprint density at radius 1 is 1.33 bits per heavy atom. The molecule has 1 aromatic carbocycles. The van der Waals surface area contributed by atoms with Crippen LogP contribution in [0.15, 0.2) is 18.2 Å². The molecule has 0 fully saturated rings. The SMILES string of the molecule is Cc1ccc(N)c(C(=O)NCCC(=O)N(C)C)c1. The molecule has 0 heterocycles. The van der Waals surface area contributed by atoms with E-state index in [0.717, 1.165) is 5.56 Å². The molecule has 0 spiro atoms. The van der Waals surface area contributed by atoms with E-state index in [4.69, 9.17) is 5.73 Å². The molecule has 18 heavy (non-hydrogen) atoms. The standard InChI is InChI=1S/C13H19N3O2/c1-9-4-5-11(14)10(8-9)13(18)15-7-6-12(17)16(2)3/h4-5,8H,6-7,14H2,1-3H3,(H,15,18). The Morgan fingerprint density at radius 3 is 2.61 bits per heavy atom. The molecule has 0 aromatic heterocycles. The summed E-state index contributed by atoms with van der Waals surface area (Å²) in [5.74, 6) is -0.268. The second-order valence-electron chi connectivity index (χ2n) is 4.38. The van der Waals surface area contributed by atoms with Gasteiger partial charge in [-0.05, 0) is 19.1 Å². The van der Waals surface area contributed by atoms with Gasteiger partial charge in [0, 0.05) is 32.7 Å². The van der Waals surface area contributed by atoms with E-state index in [1.165, 1.54) is 4.90 Å². The molecule has 5 heteroatoms. The summed E-state index contributed by atoms with van der Waals surface area (Å²) in [6.45, 7) is 2.20. The first-order valence-electron chi connectivity index (χ1n) is 5.76. The number of nitrogens with two attached hydrogens (primary N) is 1. The van der Waals surface area contributed by atoms with E-state index in [9.17, 15) is 9.59 Å². The average molecular weight is 249 g/mol. The molecule has 0 radical (unpaired) electrons. The molecular formula is C13H19N3O2. The fourth-order valence-corrected chi connectivity index (χ4v) is 1.47. The highest BCUT2D eigenvalue weighted by Crippen LogP contribution is 2.13. The quantitative estimate of drug-likeness (QED) is 0.774. The van der Waals surface area contributed by atoms with Gasteiger partial charge in [0.05, 0.1) is 5.56 Å². The van der Waals surface area contributed by atoms with Gasteiger partial charge < -0.3 is 16.0 Å². The van der Waals surface area contributed by atoms with Gasteiger partial charge in [-0.25, -0.2) is 0 Å². The second kappa shape index (κ2) is 6.05. The Hall–Kier alpha value is -2.04. The van der Waals surface area contributed by atoms with Crippen LogP contribution in [-0.4, -0.2) is 37.4 Å². The van der Waals surface area contributed by atoms with Crippen LogP contribution < -0.4 is 11.1 Å². The zero-order chi connectivity index (χ0) is 13.7. The first kappa shape index (κ1) is 14.0. The molecule has 1 rings (SSSR count). The Bertz CT molecular complexity index is 456. The zero-order valence-electron chi connectivity index (χ0n) is 11.0. The maximum Gasteiger partial charge on any atom is 0.253 e. The number of nitrogens with zero attached hydrogens (tertiary/aromatic N) is 1. The van der Waals surface area contributed by atoms with Gasteiger partial charge in [0.1, 0.15) is 0 Å². The summed E-state index contributed by atoms with van der Waals surface area (Å²) in [6, 6.07) is 5.29. The number of aryl methyl sites for hydroxylation is 1. The Balaban J connectivity index is 2.56. The molecule has 0 unspecified atom stereocenters. The van der Waals surface area contributed by atoms with Crippen molar-refractivity contribution in [3.8, 4) is 0 Å². The molecule has 0 aliphatic heterocycles. The third-order valence-corrected chi connectivity index (χ3v) is 2.58. The fourth-order valence-electron chi connectivity index (χ4n) is 1.47. The summed E-state index contributed by atoms with van der Waals surface area (Å²) >= 11 is 0. The largest absolute Gasteiger partial charge is 0.398 e. The van der Waals surface area contributed by atoms with E-state index >= 15 is 0 Å². The van der Waals surface area contributed by atoms with Gasteiger partial charge in [0.2, 0.25) is 5.91 Å². The van der Waals surface area contributed by atoms with Gasteiger partial charge in [0.25, 0.3) is 5.91 Å². The molecule has 0 atom stereocenters. The first-order chi connectivity index (χ1) is 8.41. The monoisotopic (exact) mass is 249 g/mol. The number of nitrogens with one attached hydrogen (secondary N) is 1. The number of nitrogen functional groups attached to an aromatic ring is 1. The third-order valence-electron chi connectivity index (χ3n) is 2.58. The van der Waals surface area contributed by atoms with Crippen LogP contribution in [0, 0.1) is 6.92 Å². The van der Waals surface area contributed by atoms with Crippen molar-refractivity contribution in [3.05, 3.63) is 29.3 Å². The maximum atomic E-state index is 11.9. The third kappa shape index (κ3) is 3.76. The molecule has 3 N–H and O–H groups in total. The van der Waals surface area contributed by atoms with E-state index < -0.39 is 0 Å². The van der Waals surface area contributed by atoms with Gasteiger partial charge >= 0.3 is 0 Å². The lowest BCUT2D eigenvalue weighted by Gasteiger charge is -2.11. The van der Waals surface area contributed by atoms with Crippen molar-refractivity contribution in [3.63, 3.8) is 0 Å². The van der Waals surface area contributed by atoms with Gasteiger partial charge in [-0.3, -0.25) is 9.59 Å². The van der Waals surface area contributed by atoms with Crippen molar-refractivity contribution in [2.45, 2.75) is 13.3 Å². The van der Waals surface area contributed by atoms with Gasteiger partial charge in [-0.1, -0.05) is 11.6 Å². The normalized spacial score (nSPS) is 9.94. The first-order valence-corrected chi connectivity index (χ1v) is 5.76. The van der Waals surface area contributed by atoms with E-state index in [-0.39, 0.29) is 18.2 Å². The number of benzene rings is 1. The lowest BCUT2D eigenvalue weighted by molar-refractivity contribution is -0.128. The molecule has 5 nitrogen and oxygen atoms in total. The predicted octanol–water partition coefficient (Wildman–Crippen LogP) is 0.785. The van der Waals surface area contributed by atoms with Crippen molar-refractivity contribution in [2.24, 2.45) is 0 Å². The van der Waals surface area contributed by atoms with Crippen molar-refractivity contribution in [1.29, 1.82) is 0 Å². The van der Waals surface area contributed by atoms with Gasteiger partial charge in [0.15, 0.2) is 0 Å². The van der Waals surface area contributed by atoms with E-state index in [1.54, 1.807) is 26.2 Å². The molecule has 98 valence electrons. The number of rotatable bonds is 4. The highest BCUT2D eigenvalue weighted by molar-refractivity contribution is 5.99. The zero-order valence-corrected chi connectivity index (χ0v) is 11.0. The lowest BCUT2D eigenvalue weighted by Crippen LogP contribution is -2.30.